The molecular formula is C14H22N2O. The van der Waals surface area contributed by atoms with E-state index in [4.69, 9.17) is 10.5 Å². The van der Waals surface area contributed by atoms with Crippen molar-refractivity contribution in [1.82, 2.24) is 0 Å². The Morgan fingerprint density at radius 1 is 1.29 bits per heavy atom. The number of anilines is 1. The van der Waals surface area contributed by atoms with Gasteiger partial charge in [0.15, 0.2) is 0 Å². The van der Waals surface area contributed by atoms with Gasteiger partial charge in [0.1, 0.15) is 0 Å². The van der Waals surface area contributed by atoms with Crippen molar-refractivity contribution in [3.8, 4) is 0 Å². The van der Waals surface area contributed by atoms with Crippen LogP contribution in [0.2, 0.25) is 0 Å². The molecule has 17 heavy (non-hydrogen) atoms. The third-order valence-corrected chi connectivity index (χ3v) is 3.20. The van der Waals surface area contributed by atoms with Gasteiger partial charge in [-0.2, -0.15) is 0 Å². The van der Waals surface area contributed by atoms with Gasteiger partial charge >= 0.3 is 0 Å². The molecule has 3 nitrogen and oxygen atoms in total. The molecule has 1 aliphatic heterocycles. The summed E-state index contributed by atoms with van der Waals surface area (Å²) in [7, 11) is 0. The van der Waals surface area contributed by atoms with E-state index in [1.807, 2.05) is 0 Å². The number of hydrogen-bond acceptors (Lipinski definition) is 3. The summed E-state index contributed by atoms with van der Waals surface area (Å²) in [6.45, 7) is 7.73. The van der Waals surface area contributed by atoms with E-state index in [0.29, 0.717) is 6.54 Å². The van der Waals surface area contributed by atoms with Crippen LogP contribution >= 0.6 is 0 Å². The van der Waals surface area contributed by atoms with E-state index in [-0.39, 0.29) is 6.10 Å². The molecule has 94 valence electrons. The predicted octanol–water partition coefficient (Wildman–Crippen LogP) is 1.86. The van der Waals surface area contributed by atoms with E-state index in [1.54, 1.807) is 0 Å². The van der Waals surface area contributed by atoms with Gasteiger partial charge in [0.05, 0.1) is 12.7 Å². The van der Waals surface area contributed by atoms with Crippen molar-refractivity contribution in [2.24, 2.45) is 5.73 Å². The Bertz CT molecular complexity index is 356. The van der Waals surface area contributed by atoms with Gasteiger partial charge in [0, 0.05) is 18.8 Å². The third-order valence-electron chi connectivity index (χ3n) is 3.20. The van der Waals surface area contributed by atoms with Crippen LogP contribution in [-0.4, -0.2) is 32.3 Å². The molecule has 1 saturated heterocycles. The Labute approximate surface area is 104 Å². The van der Waals surface area contributed by atoms with E-state index in [1.165, 1.54) is 16.8 Å². The summed E-state index contributed by atoms with van der Waals surface area (Å²) in [6, 6.07) is 6.71. The first-order valence-electron chi connectivity index (χ1n) is 6.34. The molecule has 1 fully saturated rings. The van der Waals surface area contributed by atoms with Gasteiger partial charge < -0.3 is 15.4 Å². The monoisotopic (exact) mass is 234 g/mol. The quantitative estimate of drug-likeness (QED) is 0.867. The largest absolute Gasteiger partial charge is 0.374 e. The van der Waals surface area contributed by atoms with Gasteiger partial charge in [0.25, 0.3) is 0 Å². The molecule has 1 unspecified atom stereocenters. The third kappa shape index (κ3) is 3.20. The first-order chi connectivity index (χ1) is 8.19. The highest BCUT2D eigenvalue weighted by molar-refractivity contribution is 5.51. The zero-order chi connectivity index (χ0) is 12.3. The van der Waals surface area contributed by atoms with Crippen LogP contribution in [0.3, 0.4) is 0 Å². The number of aryl methyl sites for hydroxylation is 2. The van der Waals surface area contributed by atoms with Crippen molar-refractivity contribution in [1.29, 1.82) is 0 Å². The van der Waals surface area contributed by atoms with Gasteiger partial charge in [-0.3, -0.25) is 0 Å². The van der Waals surface area contributed by atoms with Gasteiger partial charge in [0.2, 0.25) is 0 Å². The maximum atomic E-state index is 5.71. The lowest BCUT2D eigenvalue weighted by Gasteiger charge is -2.34. The number of nitrogens with zero attached hydrogens (tertiary/aromatic N) is 1. The van der Waals surface area contributed by atoms with Crippen molar-refractivity contribution in [3.63, 3.8) is 0 Å². The normalized spacial score (nSPS) is 20.6. The molecule has 1 aromatic rings. The topological polar surface area (TPSA) is 38.5 Å². The maximum Gasteiger partial charge on any atom is 0.0762 e. The van der Waals surface area contributed by atoms with Crippen molar-refractivity contribution in [3.05, 3.63) is 29.3 Å². The van der Waals surface area contributed by atoms with Crippen LogP contribution in [0.5, 0.6) is 0 Å². The fourth-order valence-corrected chi connectivity index (χ4v) is 2.45. The summed E-state index contributed by atoms with van der Waals surface area (Å²) >= 11 is 0. The molecule has 1 heterocycles. The molecule has 2 N–H and O–H groups in total. The molecule has 1 aromatic carbocycles. The molecule has 0 saturated carbocycles. The molecule has 0 spiro atoms. The van der Waals surface area contributed by atoms with E-state index < -0.39 is 0 Å². The van der Waals surface area contributed by atoms with Crippen LogP contribution in [0.4, 0.5) is 5.69 Å². The average molecular weight is 234 g/mol. The molecule has 2 rings (SSSR count). The lowest BCUT2D eigenvalue weighted by molar-refractivity contribution is 0.0369. The Hall–Kier alpha value is -1.06. The number of hydrogen-bond donors (Lipinski definition) is 1. The number of benzene rings is 1. The molecule has 0 radical (unpaired) electrons. The highest BCUT2D eigenvalue weighted by atomic mass is 16.5. The first-order valence-corrected chi connectivity index (χ1v) is 6.34. The number of morpholine rings is 1. The lowest BCUT2D eigenvalue weighted by atomic mass is 10.1. The van der Waals surface area contributed by atoms with Crippen molar-refractivity contribution >= 4 is 5.69 Å². The smallest absolute Gasteiger partial charge is 0.0762 e. The Kier molecular flexibility index (Phi) is 4.02. The molecule has 0 amide bonds. The Morgan fingerprint density at radius 3 is 2.65 bits per heavy atom. The molecule has 0 aromatic heterocycles. The second-order valence-electron chi connectivity index (χ2n) is 4.86. The van der Waals surface area contributed by atoms with Crippen LogP contribution in [0.1, 0.15) is 17.5 Å². The summed E-state index contributed by atoms with van der Waals surface area (Å²) in [5.41, 5.74) is 9.55. The van der Waals surface area contributed by atoms with Gasteiger partial charge in [-0.25, -0.2) is 0 Å². The van der Waals surface area contributed by atoms with E-state index in [2.05, 4.69) is 36.9 Å². The minimum Gasteiger partial charge on any atom is -0.374 e. The summed E-state index contributed by atoms with van der Waals surface area (Å²) in [5.74, 6) is 0. The van der Waals surface area contributed by atoms with E-state index in [9.17, 15) is 0 Å². The number of nitrogens with two attached hydrogens (primary N) is 1. The maximum absolute atomic E-state index is 5.71. The molecule has 3 heteroatoms. The number of ether oxygens (including phenoxy) is 1. The van der Waals surface area contributed by atoms with Crippen molar-refractivity contribution in [2.75, 3.05) is 31.1 Å². The van der Waals surface area contributed by atoms with Crippen LogP contribution < -0.4 is 10.6 Å². The van der Waals surface area contributed by atoms with Crippen LogP contribution in [0.15, 0.2) is 18.2 Å². The summed E-state index contributed by atoms with van der Waals surface area (Å²) in [6.07, 6.45) is 1.23. The highest BCUT2D eigenvalue weighted by Crippen LogP contribution is 2.21. The van der Waals surface area contributed by atoms with E-state index in [0.717, 1.165) is 26.1 Å². The minimum absolute atomic E-state index is 0.287. The van der Waals surface area contributed by atoms with Gasteiger partial charge in [-0.05, 0) is 50.1 Å². The molecular weight excluding hydrogens is 212 g/mol. The van der Waals surface area contributed by atoms with Gasteiger partial charge in [-0.1, -0.05) is 6.07 Å². The number of rotatable bonds is 3. The Morgan fingerprint density at radius 2 is 2.00 bits per heavy atom. The van der Waals surface area contributed by atoms with Crippen LogP contribution in [0, 0.1) is 13.8 Å². The molecule has 0 bridgehead atoms. The highest BCUT2D eigenvalue weighted by Gasteiger charge is 2.20. The Balaban J connectivity index is 2.10. The fourth-order valence-electron chi connectivity index (χ4n) is 2.45. The van der Waals surface area contributed by atoms with E-state index >= 15 is 0 Å². The second kappa shape index (κ2) is 5.52. The molecule has 1 aliphatic rings. The van der Waals surface area contributed by atoms with Crippen LogP contribution in [0.25, 0.3) is 0 Å². The zero-order valence-corrected chi connectivity index (χ0v) is 10.8. The molecule has 1 atom stereocenters. The lowest BCUT2D eigenvalue weighted by Crippen LogP contribution is -2.43. The summed E-state index contributed by atoms with van der Waals surface area (Å²) in [5, 5.41) is 0. The summed E-state index contributed by atoms with van der Waals surface area (Å²) in [4.78, 5) is 2.41. The average Bonchev–Trinajstić information content (AvgIpc) is 2.28. The summed E-state index contributed by atoms with van der Waals surface area (Å²) < 4.78 is 5.71. The van der Waals surface area contributed by atoms with Gasteiger partial charge in [-0.15, -0.1) is 0 Å². The molecule has 0 aliphatic carbocycles. The van der Waals surface area contributed by atoms with Crippen LogP contribution in [-0.2, 0) is 4.74 Å². The second-order valence-corrected chi connectivity index (χ2v) is 4.86. The first kappa shape index (κ1) is 12.4. The SMILES string of the molecule is Cc1cc(C)cc(N2CCOC(CCN)C2)c1. The standard InChI is InChI=1S/C14H22N2O/c1-11-7-12(2)9-13(8-11)16-5-6-17-14(10-16)3-4-15/h7-9,14H,3-6,10,15H2,1-2H3. The van der Waals surface area contributed by atoms with Crippen molar-refractivity contribution < 1.29 is 4.74 Å². The zero-order valence-electron chi connectivity index (χ0n) is 10.8. The fraction of sp³-hybridized carbons (Fsp3) is 0.571. The van der Waals surface area contributed by atoms with Crippen molar-refractivity contribution in [2.45, 2.75) is 26.4 Å². The minimum atomic E-state index is 0.287. The predicted molar refractivity (Wildman–Crippen MR) is 71.5 cm³/mol.